The van der Waals surface area contributed by atoms with Gasteiger partial charge in [0.2, 0.25) is 0 Å². The Bertz CT molecular complexity index is 432. The van der Waals surface area contributed by atoms with E-state index < -0.39 is 0 Å². The van der Waals surface area contributed by atoms with Crippen LogP contribution in [0.2, 0.25) is 0 Å². The normalized spacial score (nSPS) is 10.4. The second-order valence-electron chi connectivity index (χ2n) is 4.86. The Kier molecular flexibility index (Phi) is 6.87. The second kappa shape index (κ2) is 8.43. The third-order valence-corrected chi connectivity index (χ3v) is 2.56. The number of hydrogen-bond acceptors (Lipinski definition) is 4. The molecule has 0 aliphatic rings. The van der Waals surface area contributed by atoms with Crippen molar-refractivity contribution in [3.05, 3.63) is 23.8 Å². The standard InChI is InChI=1S/C15H23NO4/c1-4-19-14-7-12(9-17)5-6-13(14)20-10-15(18)16-8-11(2)3/h5-7,11,17H,4,8-10H2,1-3H3,(H,16,18). The number of carbonyl (C=O) groups is 1. The van der Waals surface area contributed by atoms with E-state index in [9.17, 15) is 4.79 Å². The van der Waals surface area contributed by atoms with Crippen molar-refractivity contribution < 1.29 is 19.4 Å². The number of nitrogens with one attached hydrogen (secondary N) is 1. The van der Waals surface area contributed by atoms with Crippen LogP contribution in [0.4, 0.5) is 0 Å². The first-order valence-corrected chi connectivity index (χ1v) is 6.82. The molecule has 0 saturated heterocycles. The lowest BCUT2D eigenvalue weighted by molar-refractivity contribution is -0.123. The molecule has 20 heavy (non-hydrogen) atoms. The van der Waals surface area contributed by atoms with Crippen LogP contribution >= 0.6 is 0 Å². The molecule has 0 fully saturated rings. The van der Waals surface area contributed by atoms with Crippen LogP contribution in [0.3, 0.4) is 0 Å². The summed E-state index contributed by atoms with van der Waals surface area (Å²) in [5.74, 6) is 1.29. The summed E-state index contributed by atoms with van der Waals surface area (Å²) < 4.78 is 10.9. The predicted molar refractivity (Wildman–Crippen MR) is 76.9 cm³/mol. The summed E-state index contributed by atoms with van der Waals surface area (Å²) in [6.45, 7) is 6.93. The maximum atomic E-state index is 11.6. The largest absolute Gasteiger partial charge is 0.490 e. The summed E-state index contributed by atoms with van der Waals surface area (Å²) >= 11 is 0. The first kappa shape index (κ1) is 16.3. The zero-order chi connectivity index (χ0) is 15.0. The minimum absolute atomic E-state index is 0.0503. The molecular weight excluding hydrogens is 258 g/mol. The molecule has 1 amide bonds. The SMILES string of the molecule is CCOc1cc(CO)ccc1OCC(=O)NCC(C)C. The Morgan fingerprint density at radius 2 is 2.05 bits per heavy atom. The van der Waals surface area contributed by atoms with Crippen LogP contribution in [-0.2, 0) is 11.4 Å². The summed E-state index contributed by atoms with van der Waals surface area (Å²) in [4.78, 5) is 11.6. The number of ether oxygens (including phenoxy) is 2. The van der Waals surface area contributed by atoms with Gasteiger partial charge >= 0.3 is 0 Å². The van der Waals surface area contributed by atoms with E-state index in [-0.39, 0.29) is 19.1 Å². The van der Waals surface area contributed by atoms with Crippen LogP contribution in [0.25, 0.3) is 0 Å². The van der Waals surface area contributed by atoms with Crippen molar-refractivity contribution in [3.8, 4) is 11.5 Å². The number of aliphatic hydroxyl groups is 1. The van der Waals surface area contributed by atoms with Gasteiger partial charge in [-0.2, -0.15) is 0 Å². The number of carbonyl (C=O) groups excluding carboxylic acids is 1. The van der Waals surface area contributed by atoms with Gasteiger partial charge < -0.3 is 19.9 Å². The molecule has 2 N–H and O–H groups in total. The van der Waals surface area contributed by atoms with E-state index in [1.54, 1.807) is 18.2 Å². The Morgan fingerprint density at radius 3 is 2.65 bits per heavy atom. The van der Waals surface area contributed by atoms with Gasteiger partial charge in [0.1, 0.15) is 0 Å². The van der Waals surface area contributed by atoms with Gasteiger partial charge in [-0.05, 0) is 30.5 Å². The molecule has 0 unspecified atom stereocenters. The summed E-state index contributed by atoms with van der Waals surface area (Å²) in [6, 6.07) is 5.15. The topological polar surface area (TPSA) is 67.8 Å². The van der Waals surface area contributed by atoms with E-state index in [0.29, 0.717) is 30.6 Å². The molecule has 1 aromatic carbocycles. The van der Waals surface area contributed by atoms with E-state index in [1.807, 2.05) is 20.8 Å². The fraction of sp³-hybridized carbons (Fsp3) is 0.533. The van der Waals surface area contributed by atoms with Gasteiger partial charge in [0, 0.05) is 6.54 Å². The molecule has 5 heteroatoms. The average molecular weight is 281 g/mol. The molecule has 0 aromatic heterocycles. The van der Waals surface area contributed by atoms with Gasteiger partial charge in [-0.3, -0.25) is 4.79 Å². The summed E-state index contributed by atoms with van der Waals surface area (Å²) in [5.41, 5.74) is 0.741. The maximum Gasteiger partial charge on any atom is 0.257 e. The molecule has 0 aliphatic heterocycles. The molecular formula is C15H23NO4. The number of aliphatic hydroxyl groups excluding tert-OH is 1. The Labute approximate surface area is 119 Å². The van der Waals surface area contributed by atoms with Crippen LogP contribution in [0, 0.1) is 5.92 Å². The molecule has 0 bridgehead atoms. The summed E-state index contributed by atoms with van der Waals surface area (Å²) in [7, 11) is 0. The molecule has 0 aliphatic carbocycles. The highest BCUT2D eigenvalue weighted by Gasteiger charge is 2.09. The molecule has 5 nitrogen and oxygen atoms in total. The van der Waals surface area contributed by atoms with Crippen molar-refractivity contribution in [3.63, 3.8) is 0 Å². The van der Waals surface area contributed by atoms with Crippen molar-refractivity contribution in [2.75, 3.05) is 19.8 Å². The lowest BCUT2D eigenvalue weighted by Gasteiger charge is -2.13. The third kappa shape index (κ3) is 5.48. The van der Waals surface area contributed by atoms with Crippen LogP contribution < -0.4 is 14.8 Å². The minimum Gasteiger partial charge on any atom is -0.490 e. The lowest BCUT2D eigenvalue weighted by Crippen LogP contribution is -2.31. The molecule has 0 spiro atoms. The van der Waals surface area contributed by atoms with Crippen molar-refractivity contribution in [1.82, 2.24) is 5.32 Å². The fourth-order valence-electron chi connectivity index (χ4n) is 1.55. The van der Waals surface area contributed by atoms with Gasteiger partial charge in [0.15, 0.2) is 18.1 Å². The zero-order valence-corrected chi connectivity index (χ0v) is 12.3. The third-order valence-electron chi connectivity index (χ3n) is 2.56. The van der Waals surface area contributed by atoms with Crippen molar-refractivity contribution in [2.45, 2.75) is 27.4 Å². The van der Waals surface area contributed by atoms with Crippen molar-refractivity contribution in [1.29, 1.82) is 0 Å². The Hall–Kier alpha value is -1.75. The lowest BCUT2D eigenvalue weighted by atomic mass is 10.2. The monoisotopic (exact) mass is 281 g/mol. The highest BCUT2D eigenvalue weighted by Crippen LogP contribution is 2.28. The van der Waals surface area contributed by atoms with Gasteiger partial charge in [0.05, 0.1) is 13.2 Å². The van der Waals surface area contributed by atoms with Gasteiger partial charge in [0.25, 0.3) is 5.91 Å². The molecule has 112 valence electrons. The highest BCUT2D eigenvalue weighted by atomic mass is 16.5. The predicted octanol–water partition coefficient (Wildman–Crippen LogP) is 1.73. The molecule has 0 atom stereocenters. The number of benzene rings is 1. The maximum absolute atomic E-state index is 11.6. The Balaban J connectivity index is 2.60. The van der Waals surface area contributed by atoms with E-state index in [2.05, 4.69) is 5.32 Å². The smallest absolute Gasteiger partial charge is 0.257 e. The number of amides is 1. The first-order valence-electron chi connectivity index (χ1n) is 6.82. The van der Waals surface area contributed by atoms with E-state index in [4.69, 9.17) is 14.6 Å². The van der Waals surface area contributed by atoms with Crippen LogP contribution in [0.5, 0.6) is 11.5 Å². The van der Waals surface area contributed by atoms with Crippen LogP contribution in [-0.4, -0.2) is 30.8 Å². The van der Waals surface area contributed by atoms with Crippen molar-refractivity contribution in [2.24, 2.45) is 5.92 Å². The number of rotatable bonds is 8. The van der Waals surface area contributed by atoms with Crippen LogP contribution in [0.15, 0.2) is 18.2 Å². The van der Waals surface area contributed by atoms with Gasteiger partial charge in [-0.25, -0.2) is 0 Å². The van der Waals surface area contributed by atoms with Gasteiger partial charge in [-0.15, -0.1) is 0 Å². The van der Waals surface area contributed by atoms with Crippen LogP contribution in [0.1, 0.15) is 26.3 Å². The van der Waals surface area contributed by atoms with Gasteiger partial charge in [-0.1, -0.05) is 19.9 Å². The van der Waals surface area contributed by atoms with E-state index in [0.717, 1.165) is 5.56 Å². The quantitative estimate of drug-likeness (QED) is 0.761. The molecule has 0 saturated carbocycles. The molecule has 0 radical (unpaired) electrons. The summed E-state index contributed by atoms with van der Waals surface area (Å²) in [5, 5.41) is 11.9. The molecule has 1 rings (SSSR count). The summed E-state index contributed by atoms with van der Waals surface area (Å²) in [6.07, 6.45) is 0. The van der Waals surface area contributed by atoms with E-state index >= 15 is 0 Å². The second-order valence-corrected chi connectivity index (χ2v) is 4.86. The van der Waals surface area contributed by atoms with Crippen molar-refractivity contribution >= 4 is 5.91 Å². The number of hydrogen-bond donors (Lipinski definition) is 2. The first-order chi connectivity index (χ1) is 9.56. The Morgan fingerprint density at radius 1 is 1.30 bits per heavy atom. The highest BCUT2D eigenvalue weighted by molar-refractivity contribution is 5.77. The zero-order valence-electron chi connectivity index (χ0n) is 12.3. The fourth-order valence-corrected chi connectivity index (χ4v) is 1.55. The molecule has 1 aromatic rings. The van der Waals surface area contributed by atoms with E-state index in [1.165, 1.54) is 0 Å². The minimum atomic E-state index is -0.160. The average Bonchev–Trinajstić information content (AvgIpc) is 2.43. The molecule has 0 heterocycles.